The molecule has 2 amide bonds. The van der Waals surface area contributed by atoms with E-state index in [0.717, 1.165) is 0 Å². The number of nitrogens with two attached hydrogens (primary N) is 1. The Morgan fingerprint density at radius 2 is 1.73 bits per heavy atom. The lowest BCUT2D eigenvalue weighted by molar-refractivity contribution is 0.0592. The van der Waals surface area contributed by atoms with Crippen molar-refractivity contribution in [1.82, 2.24) is 9.88 Å². The summed E-state index contributed by atoms with van der Waals surface area (Å²) in [4.78, 5) is 35.5. The molecule has 0 radical (unpaired) electrons. The number of nitriles is 1. The lowest BCUT2D eigenvalue weighted by atomic mass is 10.1. The van der Waals surface area contributed by atoms with E-state index in [-0.39, 0.29) is 22.5 Å². The highest BCUT2D eigenvalue weighted by Crippen LogP contribution is 2.29. The van der Waals surface area contributed by atoms with E-state index in [4.69, 9.17) is 15.2 Å². The summed E-state index contributed by atoms with van der Waals surface area (Å²) in [7, 11) is 1.23. The molecular formula is C21H14N4O5. The number of hydrogen-bond acceptors (Lipinski definition) is 7. The minimum absolute atomic E-state index is 0.0376. The van der Waals surface area contributed by atoms with Crippen molar-refractivity contribution in [2.24, 2.45) is 0 Å². The summed E-state index contributed by atoms with van der Waals surface area (Å²) in [6.07, 6.45) is 1.45. The third-order valence-corrected chi connectivity index (χ3v) is 4.60. The van der Waals surface area contributed by atoms with Crippen molar-refractivity contribution in [2.75, 3.05) is 12.8 Å². The zero-order valence-corrected chi connectivity index (χ0v) is 15.6. The molecule has 1 aromatic heterocycles. The molecule has 0 fully saturated rings. The van der Waals surface area contributed by atoms with Crippen LogP contribution < -0.4 is 15.8 Å². The van der Waals surface area contributed by atoms with Crippen molar-refractivity contribution in [3.8, 4) is 23.3 Å². The maximum atomic E-state index is 12.1. The molecule has 148 valence electrons. The fourth-order valence-electron chi connectivity index (χ4n) is 3.14. The van der Waals surface area contributed by atoms with Crippen LogP contribution in [-0.4, -0.2) is 29.5 Å². The summed E-state index contributed by atoms with van der Waals surface area (Å²) in [6.45, 7) is 0. The van der Waals surface area contributed by atoms with Crippen molar-refractivity contribution in [3.63, 3.8) is 0 Å². The van der Waals surface area contributed by atoms with Gasteiger partial charge in [0, 0.05) is 11.9 Å². The number of carbonyl (C=O) groups excluding carboxylic acids is 3. The van der Waals surface area contributed by atoms with E-state index >= 15 is 0 Å². The molecule has 0 spiro atoms. The van der Waals surface area contributed by atoms with Gasteiger partial charge in [-0.2, -0.15) is 5.26 Å². The summed E-state index contributed by atoms with van der Waals surface area (Å²) in [5.41, 5.74) is 7.27. The molecule has 3 N–H and O–H groups in total. The van der Waals surface area contributed by atoms with E-state index in [1.54, 1.807) is 30.3 Å². The van der Waals surface area contributed by atoms with E-state index in [1.807, 2.05) is 6.07 Å². The van der Waals surface area contributed by atoms with Gasteiger partial charge in [-0.3, -0.25) is 14.9 Å². The minimum atomic E-state index is -0.666. The van der Waals surface area contributed by atoms with Crippen LogP contribution in [0.2, 0.25) is 0 Å². The summed E-state index contributed by atoms with van der Waals surface area (Å²) in [6, 6.07) is 13.2. The van der Waals surface area contributed by atoms with Gasteiger partial charge in [0.2, 0.25) is 0 Å². The van der Waals surface area contributed by atoms with Crippen LogP contribution >= 0.6 is 0 Å². The van der Waals surface area contributed by atoms with E-state index in [9.17, 15) is 19.6 Å². The van der Waals surface area contributed by atoms with Crippen molar-refractivity contribution in [1.29, 1.82) is 5.26 Å². The molecule has 0 saturated carbocycles. The number of fused-ring (bicyclic) bond motifs is 1. The molecule has 30 heavy (non-hydrogen) atoms. The molecular weight excluding hydrogens is 388 g/mol. The van der Waals surface area contributed by atoms with Crippen LogP contribution in [0.5, 0.6) is 11.5 Å². The second kappa shape index (κ2) is 7.10. The average molecular weight is 402 g/mol. The molecule has 9 nitrogen and oxygen atoms in total. The van der Waals surface area contributed by atoms with Crippen LogP contribution in [-0.2, 0) is 4.74 Å². The molecule has 2 aromatic carbocycles. The standard InChI is InChI=1S/C21H14N4O5/c1-29-21(28)18-17(23)11(9-22)10-25(18)12-2-4-13(5-3-12)30-14-6-7-15-16(8-14)20(27)24-19(15)26/h2-8,10H,23H2,1H3,(H,24,26,27). The number of amides is 2. The molecule has 0 unspecified atom stereocenters. The number of methoxy groups -OCH3 is 1. The summed E-state index contributed by atoms with van der Waals surface area (Å²) in [5, 5.41) is 11.4. The van der Waals surface area contributed by atoms with Crippen LogP contribution in [0.25, 0.3) is 5.69 Å². The normalized spacial score (nSPS) is 12.1. The van der Waals surface area contributed by atoms with Gasteiger partial charge >= 0.3 is 5.97 Å². The quantitative estimate of drug-likeness (QED) is 0.505. The molecule has 3 aromatic rings. The highest BCUT2D eigenvalue weighted by atomic mass is 16.5. The van der Waals surface area contributed by atoms with Gasteiger partial charge in [0.25, 0.3) is 11.8 Å². The number of carbonyl (C=O) groups is 3. The monoisotopic (exact) mass is 402 g/mol. The first-order chi connectivity index (χ1) is 14.4. The van der Waals surface area contributed by atoms with E-state index in [2.05, 4.69) is 5.32 Å². The highest BCUT2D eigenvalue weighted by molar-refractivity contribution is 6.21. The maximum absolute atomic E-state index is 12.1. The molecule has 1 aliphatic heterocycles. The molecule has 0 aliphatic carbocycles. The molecule has 0 atom stereocenters. The number of aromatic nitrogens is 1. The lowest BCUT2D eigenvalue weighted by Crippen LogP contribution is -2.19. The molecule has 0 bridgehead atoms. The number of ether oxygens (including phenoxy) is 2. The van der Waals surface area contributed by atoms with Crippen molar-refractivity contribution >= 4 is 23.5 Å². The van der Waals surface area contributed by atoms with E-state index < -0.39 is 17.8 Å². The Bertz CT molecular complexity index is 1250. The molecule has 9 heteroatoms. The Hall–Kier alpha value is -4.58. The Labute approximate surface area is 170 Å². The highest BCUT2D eigenvalue weighted by Gasteiger charge is 2.27. The second-order valence-electron chi connectivity index (χ2n) is 6.37. The van der Waals surface area contributed by atoms with Gasteiger partial charge in [0.05, 0.1) is 29.5 Å². The zero-order chi connectivity index (χ0) is 21.4. The van der Waals surface area contributed by atoms with Crippen LogP contribution in [0, 0.1) is 11.3 Å². The first kappa shape index (κ1) is 18.8. The Balaban J connectivity index is 1.63. The minimum Gasteiger partial charge on any atom is -0.464 e. The van der Waals surface area contributed by atoms with Gasteiger partial charge in [-0.25, -0.2) is 4.79 Å². The van der Waals surface area contributed by atoms with E-state index in [1.165, 1.54) is 30.0 Å². The molecule has 0 saturated heterocycles. The lowest BCUT2D eigenvalue weighted by Gasteiger charge is -2.10. The number of nitrogens with one attached hydrogen (secondary N) is 1. The van der Waals surface area contributed by atoms with Crippen LogP contribution in [0.1, 0.15) is 36.8 Å². The maximum Gasteiger partial charge on any atom is 0.357 e. The fourth-order valence-corrected chi connectivity index (χ4v) is 3.14. The van der Waals surface area contributed by atoms with Crippen LogP contribution in [0.4, 0.5) is 5.69 Å². The summed E-state index contributed by atoms with van der Waals surface area (Å²) < 4.78 is 12.0. The fraction of sp³-hybridized carbons (Fsp3) is 0.0476. The third kappa shape index (κ3) is 3.02. The number of esters is 1. The molecule has 1 aliphatic rings. The van der Waals surface area contributed by atoms with Gasteiger partial charge in [-0.05, 0) is 42.5 Å². The van der Waals surface area contributed by atoms with Gasteiger partial charge in [-0.15, -0.1) is 0 Å². The number of benzene rings is 2. The smallest absolute Gasteiger partial charge is 0.357 e. The Kier molecular flexibility index (Phi) is 4.44. The first-order valence-corrected chi connectivity index (χ1v) is 8.70. The number of nitrogen functional groups attached to an aromatic ring is 1. The van der Waals surface area contributed by atoms with Gasteiger partial charge in [0.15, 0.2) is 5.69 Å². The van der Waals surface area contributed by atoms with Crippen molar-refractivity contribution in [2.45, 2.75) is 0 Å². The van der Waals surface area contributed by atoms with Crippen LogP contribution in [0.15, 0.2) is 48.7 Å². The van der Waals surface area contributed by atoms with Crippen LogP contribution in [0.3, 0.4) is 0 Å². The zero-order valence-electron chi connectivity index (χ0n) is 15.6. The average Bonchev–Trinajstić information content (AvgIpc) is 3.23. The summed E-state index contributed by atoms with van der Waals surface area (Å²) in [5.74, 6) is -0.720. The van der Waals surface area contributed by atoms with Gasteiger partial charge < -0.3 is 19.8 Å². The van der Waals surface area contributed by atoms with Gasteiger partial charge in [-0.1, -0.05) is 0 Å². The molecule has 4 rings (SSSR count). The third-order valence-electron chi connectivity index (χ3n) is 4.60. The predicted molar refractivity (Wildman–Crippen MR) is 105 cm³/mol. The topological polar surface area (TPSA) is 136 Å². The van der Waals surface area contributed by atoms with E-state index in [0.29, 0.717) is 22.7 Å². The number of anilines is 1. The number of imide groups is 1. The largest absolute Gasteiger partial charge is 0.464 e. The second-order valence-corrected chi connectivity index (χ2v) is 6.37. The van der Waals surface area contributed by atoms with Gasteiger partial charge in [0.1, 0.15) is 17.6 Å². The number of hydrogen-bond donors (Lipinski definition) is 2. The van der Waals surface area contributed by atoms with Crippen molar-refractivity contribution < 1.29 is 23.9 Å². The number of nitrogens with zero attached hydrogens (tertiary/aromatic N) is 2. The summed E-state index contributed by atoms with van der Waals surface area (Å²) >= 11 is 0. The predicted octanol–water partition coefficient (Wildman–Crippen LogP) is 2.39. The Morgan fingerprint density at radius 1 is 1.07 bits per heavy atom. The first-order valence-electron chi connectivity index (χ1n) is 8.70. The molecule has 2 heterocycles. The Morgan fingerprint density at radius 3 is 2.40 bits per heavy atom. The SMILES string of the molecule is COC(=O)c1c(N)c(C#N)cn1-c1ccc(Oc2ccc3c(c2)C(=O)NC3=O)cc1. The van der Waals surface area contributed by atoms with Crippen molar-refractivity contribution in [3.05, 3.63) is 71.0 Å². The number of rotatable bonds is 4.